The molecule has 6 nitrogen and oxygen atoms in total. The monoisotopic (exact) mass is 498 g/mol. The average molecular weight is 499 g/mol. The number of anilines is 1. The minimum absolute atomic E-state index is 0.0511. The zero-order valence-electron chi connectivity index (χ0n) is 18.3. The van der Waals surface area contributed by atoms with Crippen LogP contribution in [-0.2, 0) is 21.2 Å². The molecule has 4 aromatic rings. The van der Waals surface area contributed by atoms with E-state index < -0.39 is 31.9 Å². The highest BCUT2D eigenvalue weighted by atomic mass is 35.5. The molecule has 1 heterocycles. The molecule has 3 aromatic carbocycles. The van der Waals surface area contributed by atoms with Gasteiger partial charge < -0.3 is 9.88 Å². The second-order valence-electron chi connectivity index (χ2n) is 7.94. The largest absolute Gasteiger partial charge is 0.336 e. The molecule has 0 atom stereocenters. The number of aryl methyl sites for hydroxylation is 2. The first kappa shape index (κ1) is 23.7. The van der Waals surface area contributed by atoms with E-state index in [4.69, 9.17) is 11.6 Å². The van der Waals surface area contributed by atoms with Crippen LogP contribution in [0, 0.1) is 19.7 Å². The standard InChI is InChI=1S/C25H20ClFN2O4S/c1-15-3-4-16(2)21(11-15)28-24(30)14-29-13-23(25(31)20-12-17(26)5-10-22(20)29)34(32,33)19-8-6-18(27)7-9-19/h3-13H,14H2,1-2H3,(H,28,30). The first-order chi connectivity index (χ1) is 16.1. The highest BCUT2D eigenvalue weighted by Crippen LogP contribution is 2.24. The molecule has 1 N–H and O–H groups in total. The number of nitrogens with one attached hydrogen (secondary N) is 1. The first-order valence-electron chi connectivity index (χ1n) is 10.3. The van der Waals surface area contributed by atoms with E-state index in [1.54, 1.807) is 12.1 Å². The Kier molecular flexibility index (Phi) is 6.29. The summed E-state index contributed by atoms with van der Waals surface area (Å²) in [4.78, 5) is 25.3. The number of rotatable bonds is 5. The van der Waals surface area contributed by atoms with Crippen LogP contribution in [-0.4, -0.2) is 18.9 Å². The molecular weight excluding hydrogens is 479 g/mol. The molecule has 0 fully saturated rings. The lowest BCUT2D eigenvalue weighted by atomic mass is 10.1. The van der Waals surface area contributed by atoms with Crippen molar-refractivity contribution in [1.29, 1.82) is 0 Å². The number of carbonyl (C=O) groups excluding carboxylic acids is 1. The van der Waals surface area contributed by atoms with Crippen molar-refractivity contribution in [3.63, 3.8) is 0 Å². The van der Waals surface area contributed by atoms with E-state index in [9.17, 15) is 22.4 Å². The van der Waals surface area contributed by atoms with Gasteiger partial charge in [0.2, 0.25) is 21.2 Å². The van der Waals surface area contributed by atoms with E-state index in [1.165, 1.54) is 10.6 Å². The van der Waals surface area contributed by atoms with Crippen LogP contribution < -0.4 is 10.7 Å². The molecule has 0 bridgehead atoms. The summed E-state index contributed by atoms with van der Waals surface area (Å²) in [7, 11) is -4.30. The van der Waals surface area contributed by atoms with Crippen molar-refractivity contribution in [3.05, 3.63) is 99.1 Å². The van der Waals surface area contributed by atoms with Crippen molar-refractivity contribution in [2.75, 3.05) is 5.32 Å². The minimum Gasteiger partial charge on any atom is -0.336 e. The Morgan fingerprint density at radius 3 is 2.44 bits per heavy atom. The Hall–Kier alpha value is -3.49. The fourth-order valence-electron chi connectivity index (χ4n) is 3.62. The van der Waals surface area contributed by atoms with Crippen LogP contribution in [0.2, 0.25) is 5.02 Å². The third kappa shape index (κ3) is 4.60. The summed E-state index contributed by atoms with van der Waals surface area (Å²) < 4.78 is 41.2. The Labute approximate surface area is 200 Å². The summed E-state index contributed by atoms with van der Waals surface area (Å²) in [6.45, 7) is 3.51. The van der Waals surface area contributed by atoms with Crippen molar-refractivity contribution in [3.8, 4) is 0 Å². The molecule has 1 aromatic heterocycles. The first-order valence-corrected chi connectivity index (χ1v) is 12.1. The number of carbonyl (C=O) groups is 1. The third-order valence-electron chi connectivity index (χ3n) is 5.40. The van der Waals surface area contributed by atoms with Crippen LogP contribution >= 0.6 is 11.6 Å². The number of fused-ring (bicyclic) bond motifs is 1. The molecule has 0 aliphatic carbocycles. The average Bonchev–Trinajstić information content (AvgIpc) is 2.78. The third-order valence-corrected chi connectivity index (χ3v) is 7.40. The van der Waals surface area contributed by atoms with Gasteiger partial charge in [-0.1, -0.05) is 23.7 Å². The highest BCUT2D eigenvalue weighted by Gasteiger charge is 2.24. The maximum atomic E-state index is 13.3. The Morgan fingerprint density at radius 2 is 1.74 bits per heavy atom. The van der Waals surface area contributed by atoms with Gasteiger partial charge in [0.1, 0.15) is 17.3 Å². The smallest absolute Gasteiger partial charge is 0.244 e. The Balaban J connectivity index is 1.83. The second-order valence-corrected chi connectivity index (χ2v) is 10.3. The minimum atomic E-state index is -4.30. The van der Waals surface area contributed by atoms with Crippen molar-refractivity contribution in [2.45, 2.75) is 30.2 Å². The SMILES string of the molecule is Cc1ccc(C)c(NC(=O)Cn2cc(S(=O)(=O)c3ccc(F)cc3)c(=O)c3cc(Cl)ccc32)c1. The number of halogens is 2. The van der Waals surface area contributed by atoms with Gasteiger partial charge in [-0.3, -0.25) is 9.59 Å². The van der Waals surface area contributed by atoms with Crippen LogP contribution in [0.3, 0.4) is 0 Å². The quantitative estimate of drug-likeness (QED) is 0.397. The Morgan fingerprint density at radius 1 is 1.03 bits per heavy atom. The van der Waals surface area contributed by atoms with Gasteiger partial charge in [0.15, 0.2) is 0 Å². The fourth-order valence-corrected chi connectivity index (χ4v) is 5.16. The maximum Gasteiger partial charge on any atom is 0.244 e. The zero-order chi connectivity index (χ0) is 24.6. The molecule has 0 aliphatic rings. The number of amides is 1. The van der Waals surface area contributed by atoms with Crippen molar-refractivity contribution < 1.29 is 17.6 Å². The molecule has 0 aliphatic heterocycles. The van der Waals surface area contributed by atoms with Crippen LogP contribution in [0.1, 0.15) is 11.1 Å². The van der Waals surface area contributed by atoms with Gasteiger partial charge in [-0.25, -0.2) is 12.8 Å². The van der Waals surface area contributed by atoms with Gasteiger partial charge >= 0.3 is 0 Å². The normalized spacial score (nSPS) is 11.5. The van der Waals surface area contributed by atoms with E-state index in [2.05, 4.69) is 5.32 Å². The second kappa shape index (κ2) is 9.04. The molecule has 0 spiro atoms. The summed E-state index contributed by atoms with van der Waals surface area (Å²) in [5.74, 6) is -1.01. The summed E-state index contributed by atoms with van der Waals surface area (Å²) in [6, 6.07) is 14.3. The Bertz CT molecular complexity index is 1600. The number of hydrogen-bond acceptors (Lipinski definition) is 4. The number of sulfone groups is 1. The topological polar surface area (TPSA) is 85.2 Å². The van der Waals surface area contributed by atoms with E-state index in [-0.39, 0.29) is 21.8 Å². The van der Waals surface area contributed by atoms with Crippen LogP contribution in [0.5, 0.6) is 0 Å². The number of nitrogens with zero attached hydrogens (tertiary/aromatic N) is 1. The fraction of sp³-hybridized carbons (Fsp3) is 0.120. The number of benzene rings is 3. The van der Waals surface area contributed by atoms with Gasteiger partial charge in [0.05, 0.1) is 10.4 Å². The van der Waals surface area contributed by atoms with Crippen molar-refractivity contribution >= 4 is 43.9 Å². The van der Waals surface area contributed by atoms with E-state index >= 15 is 0 Å². The molecule has 1 amide bonds. The summed E-state index contributed by atoms with van der Waals surface area (Å²) >= 11 is 6.07. The summed E-state index contributed by atoms with van der Waals surface area (Å²) in [5.41, 5.74) is 2.07. The molecule has 0 saturated carbocycles. The summed E-state index contributed by atoms with van der Waals surface area (Å²) in [5, 5.41) is 3.13. The molecule has 0 saturated heterocycles. The zero-order valence-corrected chi connectivity index (χ0v) is 19.9. The van der Waals surface area contributed by atoms with Gasteiger partial charge in [-0.2, -0.15) is 0 Å². The molecule has 4 rings (SSSR count). The molecule has 34 heavy (non-hydrogen) atoms. The summed E-state index contributed by atoms with van der Waals surface area (Å²) in [6.07, 6.45) is 1.14. The molecule has 0 radical (unpaired) electrons. The number of pyridine rings is 1. The van der Waals surface area contributed by atoms with Gasteiger partial charge in [0.25, 0.3) is 0 Å². The van der Waals surface area contributed by atoms with Crippen molar-refractivity contribution in [2.24, 2.45) is 0 Å². The molecule has 174 valence electrons. The maximum absolute atomic E-state index is 13.3. The molecule has 0 unspecified atom stereocenters. The van der Waals surface area contributed by atoms with Gasteiger partial charge in [-0.05, 0) is 73.5 Å². The van der Waals surface area contributed by atoms with Crippen LogP contribution in [0.15, 0.2) is 81.4 Å². The predicted octanol–water partition coefficient (Wildman–Crippen LogP) is 4.88. The van der Waals surface area contributed by atoms with Gasteiger partial charge in [0, 0.05) is 22.3 Å². The lowest BCUT2D eigenvalue weighted by Crippen LogP contribution is -2.24. The number of aromatic nitrogens is 1. The molecule has 9 heteroatoms. The lowest BCUT2D eigenvalue weighted by molar-refractivity contribution is -0.116. The van der Waals surface area contributed by atoms with Crippen LogP contribution in [0.25, 0.3) is 10.9 Å². The lowest BCUT2D eigenvalue weighted by Gasteiger charge is -2.15. The van der Waals surface area contributed by atoms with E-state index in [0.717, 1.165) is 41.6 Å². The van der Waals surface area contributed by atoms with E-state index in [1.807, 2.05) is 32.0 Å². The van der Waals surface area contributed by atoms with Crippen LogP contribution in [0.4, 0.5) is 10.1 Å². The van der Waals surface area contributed by atoms with E-state index in [0.29, 0.717) is 11.2 Å². The van der Waals surface area contributed by atoms with Gasteiger partial charge in [-0.15, -0.1) is 0 Å². The van der Waals surface area contributed by atoms with Crippen molar-refractivity contribution in [1.82, 2.24) is 4.57 Å². The molecular formula is C25H20ClFN2O4S. The number of hydrogen-bond donors (Lipinski definition) is 1. The highest BCUT2D eigenvalue weighted by molar-refractivity contribution is 7.91. The predicted molar refractivity (Wildman–Crippen MR) is 130 cm³/mol.